The summed E-state index contributed by atoms with van der Waals surface area (Å²) in [6.45, 7) is 2.02. The van der Waals surface area contributed by atoms with E-state index in [-0.39, 0.29) is 21.7 Å². The second-order valence-corrected chi connectivity index (χ2v) is 5.64. The van der Waals surface area contributed by atoms with Crippen molar-refractivity contribution in [3.05, 3.63) is 57.6 Å². The van der Waals surface area contributed by atoms with E-state index in [0.717, 1.165) is 5.56 Å². The zero-order valence-electron chi connectivity index (χ0n) is 11.5. The Balaban J connectivity index is 1.94. The van der Waals surface area contributed by atoms with Gasteiger partial charge in [-0.25, -0.2) is 0 Å². The van der Waals surface area contributed by atoms with Crippen molar-refractivity contribution in [1.82, 2.24) is 0 Å². The van der Waals surface area contributed by atoms with E-state index in [4.69, 9.17) is 23.2 Å². The predicted molar refractivity (Wildman–Crippen MR) is 86.3 cm³/mol. The van der Waals surface area contributed by atoms with Gasteiger partial charge >= 0.3 is 0 Å². The quantitative estimate of drug-likeness (QED) is 0.809. The van der Waals surface area contributed by atoms with Crippen LogP contribution in [0.4, 0.5) is 5.69 Å². The van der Waals surface area contributed by atoms with Gasteiger partial charge < -0.3 is 10.4 Å². The summed E-state index contributed by atoms with van der Waals surface area (Å²) in [6, 6.07) is 11.0. The molecule has 0 radical (unpaired) electrons. The van der Waals surface area contributed by atoms with Crippen molar-refractivity contribution >= 4 is 34.8 Å². The first kappa shape index (κ1) is 15.7. The Morgan fingerprint density at radius 1 is 1.14 bits per heavy atom. The van der Waals surface area contributed by atoms with Gasteiger partial charge in [0.05, 0.1) is 10.0 Å². The molecule has 0 atom stereocenters. The maximum absolute atomic E-state index is 11.9. The molecule has 0 bridgehead atoms. The summed E-state index contributed by atoms with van der Waals surface area (Å²) in [4.78, 5) is 11.9. The van der Waals surface area contributed by atoms with Crippen LogP contribution >= 0.6 is 23.2 Å². The number of carbonyl (C=O) groups excluding carboxylic acids is 1. The van der Waals surface area contributed by atoms with Crippen molar-refractivity contribution < 1.29 is 9.90 Å². The average molecular weight is 324 g/mol. The van der Waals surface area contributed by atoms with Crippen LogP contribution < -0.4 is 5.32 Å². The molecule has 5 heteroatoms. The lowest BCUT2D eigenvalue weighted by molar-refractivity contribution is -0.116. The van der Waals surface area contributed by atoms with E-state index in [1.54, 1.807) is 0 Å². The SMILES string of the molecule is Cc1ccc(CCC(=O)Nc2cc(Cl)c(O)c(Cl)c2)cc1. The van der Waals surface area contributed by atoms with Gasteiger partial charge in [-0.3, -0.25) is 4.79 Å². The second-order valence-electron chi connectivity index (χ2n) is 4.82. The molecule has 0 saturated heterocycles. The molecule has 2 aromatic rings. The normalized spacial score (nSPS) is 10.4. The van der Waals surface area contributed by atoms with Crippen molar-refractivity contribution in [3.63, 3.8) is 0 Å². The van der Waals surface area contributed by atoms with Crippen LogP contribution in [0, 0.1) is 6.92 Å². The molecule has 0 heterocycles. The number of aromatic hydroxyl groups is 1. The van der Waals surface area contributed by atoms with E-state index in [9.17, 15) is 9.90 Å². The second kappa shape index (κ2) is 6.83. The molecule has 3 nitrogen and oxygen atoms in total. The van der Waals surface area contributed by atoms with E-state index in [1.807, 2.05) is 31.2 Å². The topological polar surface area (TPSA) is 49.3 Å². The monoisotopic (exact) mass is 323 g/mol. The maximum atomic E-state index is 11.9. The first-order valence-electron chi connectivity index (χ1n) is 6.49. The van der Waals surface area contributed by atoms with Crippen LogP contribution in [0.2, 0.25) is 10.0 Å². The highest BCUT2D eigenvalue weighted by Gasteiger charge is 2.09. The Kier molecular flexibility index (Phi) is 5.10. The number of aryl methyl sites for hydroxylation is 2. The molecular formula is C16H15Cl2NO2. The van der Waals surface area contributed by atoms with E-state index in [2.05, 4.69) is 5.32 Å². The van der Waals surface area contributed by atoms with Crippen LogP contribution in [-0.4, -0.2) is 11.0 Å². The van der Waals surface area contributed by atoms with Crippen LogP contribution in [0.1, 0.15) is 17.5 Å². The fourth-order valence-corrected chi connectivity index (χ4v) is 2.36. The number of anilines is 1. The number of phenolic OH excluding ortho intramolecular Hbond substituents is 1. The van der Waals surface area contributed by atoms with Gasteiger partial charge in [0.1, 0.15) is 0 Å². The summed E-state index contributed by atoms with van der Waals surface area (Å²) in [5.74, 6) is -0.315. The minimum atomic E-state index is -0.184. The van der Waals surface area contributed by atoms with Gasteiger partial charge in [0, 0.05) is 12.1 Å². The third kappa shape index (κ3) is 4.38. The molecule has 2 rings (SSSR count). The number of benzene rings is 2. The van der Waals surface area contributed by atoms with Crippen molar-refractivity contribution in [2.45, 2.75) is 19.8 Å². The highest BCUT2D eigenvalue weighted by Crippen LogP contribution is 2.34. The molecule has 0 fully saturated rings. The molecule has 0 aromatic heterocycles. The van der Waals surface area contributed by atoms with Gasteiger partial charge in [0.15, 0.2) is 5.75 Å². The smallest absolute Gasteiger partial charge is 0.224 e. The third-order valence-corrected chi connectivity index (χ3v) is 3.64. The summed E-state index contributed by atoms with van der Waals surface area (Å²) < 4.78 is 0. The van der Waals surface area contributed by atoms with Crippen molar-refractivity contribution in [1.29, 1.82) is 0 Å². The lowest BCUT2D eigenvalue weighted by Gasteiger charge is -2.08. The molecule has 110 valence electrons. The Hall–Kier alpha value is -1.71. The number of hydrogen-bond acceptors (Lipinski definition) is 2. The first-order valence-corrected chi connectivity index (χ1v) is 7.24. The van der Waals surface area contributed by atoms with E-state index in [1.165, 1.54) is 17.7 Å². The van der Waals surface area contributed by atoms with Crippen LogP contribution in [0.25, 0.3) is 0 Å². The molecule has 21 heavy (non-hydrogen) atoms. The number of phenols is 1. The van der Waals surface area contributed by atoms with Crippen molar-refractivity contribution in [2.24, 2.45) is 0 Å². The highest BCUT2D eigenvalue weighted by molar-refractivity contribution is 6.37. The van der Waals surface area contributed by atoms with Gasteiger partial charge in [-0.1, -0.05) is 53.0 Å². The summed E-state index contributed by atoms with van der Waals surface area (Å²) in [7, 11) is 0. The Labute approximate surface area is 133 Å². The summed E-state index contributed by atoms with van der Waals surface area (Å²) in [6.07, 6.45) is 1.02. The highest BCUT2D eigenvalue weighted by atomic mass is 35.5. The maximum Gasteiger partial charge on any atom is 0.224 e. The van der Waals surface area contributed by atoms with E-state index >= 15 is 0 Å². The first-order chi connectivity index (χ1) is 9.95. The minimum Gasteiger partial charge on any atom is -0.505 e. The lowest BCUT2D eigenvalue weighted by atomic mass is 10.1. The summed E-state index contributed by atoms with van der Waals surface area (Å²) in [5, 5.41) is 12.4. The number of nitrogens with one attached hydrogen (secondary N) is 1. The van der Waals surface area contributed by atoms with Gasteiger partial charge in [-0.2, -0.15) is 0 Å². The Morgan fingerprint density at radius 3 is 2.29 bits per heavy atom. The van der Waals surface area contributed by atoms with Crippen LogP contribution in [0.5, 0.6) is 5.75 Å². The van der Waals surface area contributed by atoms with Crippen LogP contribution in [0.3, 0.4) is 0 Å². The van der Waals surface area contributed by atoms with E-state index < -0.39 is 0 Å². The molecule has 0 saturated carbocycles. The predicted octanol–water partition coefficient (Wildman–Crippen LogP) is 4.58. The average Bonchev–Trinajstić information content (AvgIpc) is 2.44. The van der Waals surface area contributed by atoms with Gasteiger partial charge in [0.25, 0.3) is 0 Å². The standard InChI is InChI=1S/C16H15Cl2NO2/c1-10-2-4-11(5-3-10)6-7-15(20)19-12-8-13(17)16(21)14(18)9-12/h2-5,8-9,21H,6-7H2,1H3,(H,19,20). The molecular weight excluding hydrogens is 309 g/mol. The molecule has 0 aliphatic heterocycles. The van der Waals surface area contributed by atoms with Crippen LogP contribution in [-0.2, 0) is 11.2 Å². The molecule has 0 aliphatic carbocycles. The van der Waals surface area contributed by atoms with Gasteiger partial charge in [-0.15, -0.1) is 0 Å². The molecule has 0 aliphatic rings. The van der Waals surface area contributed by atoms with Crippen molar-refractivity contribution in [3.8, 4) is 5.75 Å². The number of carbonyl (C=O) groups is 1. The molecule has 2 aromatic carbocycles. The fourth-order valence-electron chi connectivity index (χ4n) is 1.87. The van der Waals surface area contributed by atoms with Gasteiger partial charge in [-0.05, 0) is 31.0 Å². The Bertz CT molecular complexity index is 631. The zero-order valence-corrected chi connectivity index (χ0v) is 13.0. The number of halogens is 2. The van der Waals surface area contributed by atoms with Crippen LogP contribution in [0.15, 0.2) is 36.4 Å². The van der Waals surface area contributed by atoms with Crippen molar-refractivity contribution in [2.75, 3.05) is 5.32 Å². The van der Waals surface area contributed by atoms with E-state index in [0.29, 0.717) is 18.5 Å². The molecule has 0 unspecified atom stereocenters. The molecule has 2 N–H and O–H groups in total. The van der Waals surface area contributed by atoms with Gasteiger partial charge in [0.2, 0.25) is 5.91 Å². The minimum absolute atomic E-state index is 0.108. The molecule has 0 spiro atoms. The fraction of sp³-hybridized carbons (Fsp3) is 0.188. The zero-order chi connectivity index (χ0) is 15.4. The molecule has 1 amide bonds. The summed E-state index contributed by atoms with van der Waals surface area (Å²) >= 11 is 11.6. The number of rotatable bonds is 4. The third-order valence-electron chi connectivity index (χ3n) is 3.06. The summed E-state index contributed by atoms with van der Waals surface area (Å²) in [5.41, 5.74) is 2.77. The number of amides is 1. The number of hydrogen-bond donors (Lipinski definition) is 2. The lowest BCUT2D eigenvalue weighted by Crippen LogP contribution is -2.12. The largest absolute Gasteiger partial charge is 0.505 e. The Morgan fingerprint density at radius 2 is 1.71 bits per heavy atom.